The fourth-order valence-corrected chi connectivity index (χ4v) is 2.33. The highest BCUT2D eigenvalue weighted by Gasteiger charge is 2.13. The molecular formula is C10H6I2N4O. The molecule has 0 amide bonds. The molecule has 1 aromatic carbocycles. The number of halogens is 2. The van der Waals surface area contributed by atoms with Gasteiger partial charge in [-0.05, 0) is 57.3 Å². The maximum atomic E-state index is 5.70. The van der Waals surface area contributed by atoms with Crippen molar-refractivity contribution in [1.82, 2.24) is 14.5 Å². The molecule has 0 aliphatic carbocycles. The lowest BCUT2D eigenvalue weighted by Crippen LogP contribution is -1.94. The zero-order valence-electron chi connectivity index (χ0n) is 8.39. The smallest absolute Gasteiger partial charge is 0.308 e. The fraction of sp³-hybridized carbons (Fsp3) is 0. The van der Waals surface area contributed by atoms with Gasteiger partial charge in [0.2, 0.25) is 0 Å². The number of aromatic nitrogens is 3. The summed E-state index contributed by atoms with van der Waals surface area (Å²) in [6, 6.07) is 5.91. The van der Waals surface area contributed by atoms with Gasteiger partial charge in [-0.3, -0.25) is 0 Å². The van der Waals surface area contributed by atoms with Crippen molar-refractivity contribution in [2.75, 3.05) is 5.73 Å². The maximum absolute atomic E-state index is 5.70. The van der Waals surface area contributed by atoms with Crippen LogP contribution in [0.15, 0.2) is 28.9 Å². The van der Waals surface area contributed by atoms with Gasteiger partial charge >= 0.3 is 6.01 Å². The molecular weight excluding hydrogens is 446 g/mol. The van der Waals surface area contributed by atoms with Crippen LogP contribution in [0.1, 0.15) is 0 Å². The summed E-state index contributed by atoms with van der Waals surface area (Å²) in [7, 11) is 0. The van der Waals surface area contributed by atoms with Gasteiger partial charge in [0.1, 0.15) is 19.2 Å². The number of imidazole rings is 1. The van der Waals surface area contributed by atoms with E-state index < -0.39 is 0 Å². The summed E-state index contributed by atoms with van der Waals surface area (Å²) in [6.07, 6.45) is 1.69. The van der Waals surface area contributed by atoms with Crippen molar-refractivity contribution in [3.05, 3.63) is 31.9 Å². The topological polar surface area (TPSA) is 69.9 Å². The first kappa shape index (κ1) is 11.3. The first-order chi connectivity index (χ1) is 8.15. The Kier molecular flexibility index (Phi) is 2.73. The molecule has 3 rings (SSSR count). The molecule has 3 aromatic rings. The normalized spacial score (nSPS) is 11.2. The lowest BCUT2D eigenvalue weighted by atomic mass is 10.3. The highest BCUT2D eigenvalue weighted by Crippen LogP contribution is 2.23. The predicted octanol–water partition coefficient (Wildman–Crippen LogP) is 2.80. The van der Waals surface area contributed by atoms with Crippen molar-refractivity contribution in [1.29, 1.82) is 0 Å². The van der Waals surface area contributed by atoms with Crippen LogP contribution in [0, 0.1) is 7.40 Å². The predicted molar refractivity (Wildman–Crippen MR) is 81.0 cm³/mol. The van der Waals surface area contributed by atoms with Crippen LogP contribution in [0.4, 0.5) is 5.69 Å². The van der Waals surface area contributed by atoms with Crippen LogP contribution in [-0.2, 0) is 0 Å². The Bertz CT molecular complexity index is 703. The molecule has 5 nitrogen and oxygen atoms in total. The third-order valence-corrected chi connectivity index (χ3v) is 5.13. The minimum atomic E-state index is 0.505. The van der Waals surface area contributed by atoms with E-state index in [1.54, 1.807) is 23.0 Å². The SMILES string of the molecule is Nc1ccc2nc(-n3cnc(I)c3I)oc2c1. The number of hydrogen-bond donors (Lipinski definition) is 1. The number of nitrogens with zero attached hydrogens (tertiary/aromatic N) is 3. The van der Waals surface area contributed by atoms with E-state index in [1.165, 1.54) is 0 Å². The first-order valence-electron chi connectivity index (χ1n) is 4.70. The van der Waals surface area contributed by atoms with Crippen LogP contribution in [-0.4, -0.2) is 14.5 Å². The lowest BCUT2D eigenvalue weighted by Gasteiger charge is -1.95. The number of hydrogen-bond acceptors (Lipinski definition) is 4. The molecule has 2 aromatic heterocycles. The van der Waals surface area contributed by atoms with Gasteiger partial charge in [-0.2, -0.15) is 4.98 Å². The van der Waals surface area contributed by atoms with Gasteiger partial charge in [0.15, 0.2) is 5.58 Å². The van der Waals surface area contributed by atoms with E-state index in [4.69, 9.17) is 10.2 Å². The standard InChI is InChI=1S/C10H6I2N4O/c11-8-9(12)16(4-14-8)10-15-6-2-1-5(13)3-7(6)17-10/h1-4H,13H2. The van der Waals surface area contributed by atoms with Gasteiger partial charge in [-0.15, -0.1) is 0 Å². The van der Waals surface area contributed by atoms with E-state index in [0.29, 0.717) is 17.3 Å². The highest BCUT2D eigenvalue weighted by molar-refractivity contribution is 14.1. The van der Waals surface area contributed by atoms with Crippen LogP contribution in [0.25, 0.3) is 17.1 Å². The van der Waals surface area contributed by atoms with Crippen molar-refractivity contribution in [3.63, 3.8) is 0 Å². The van der Waals surface area contributed by atoms with E-state index >= 15 is 0 Å². The molecule has 0 aliphatic heterocycles. The molecule has 0 fully saturated rings. The average Bonchev–Trinajstić information content (AvgIpc) is 2.83. The van der Waals surface area contributed by atoms with Crippen molar-refractivity contribution >= 4 is 62.0 Å². The molecule has 0 radical (unpaired) electrons. The zero-order valence-corrected chi connectivity index (χ0v) is 12.7. The summed E-state index contributed by atoms with van der Waals surface area (Å²) in [6.45, 7) is 0. The van der Waals surface area contributed by atoms with Crippen molar-refractivity contribution in [2.24, 2.45) is 0 Å². The second kappa shape index (κ2) is 4.12. The molecule has 17 heavy (non-hydrogen) atoms. The quantitative estimate of drug-likeness (QED) is 0.456. The van der Waals surface area contributed by atoms with Gasteiger partial charge < -0.3 is 10.2 Å². The third-order valence-electron chi connectivity index (χ3n) is 2.28. The molecule has 2 N–H and O–H groups in total. The number of oxazole rings is 1. The summed E-state index contributed by atoms with van der Waals surface area (Å²) in [5.41, 5.74) is 7.82. The van der Waals surface area contributed by atoms with Gasteiger partial charge in [0.25, 0.3) is 0 Å². The van der Waals surface area contributed by atoms with Crippen LogP contribution in [0.2, 0.25) is 0 Å². The summed E-state index contributed by atoms with van der Waals surface area (Å²) < 4.78 is 9.35. The Morgan fingerprint density at radius 2 is 2.12 bits per heavy atom. The number of rotatable bonds is 1. The highest BCUT2D eigenvalue weighted by atomic mass is 127. The van der Waals surface area contributed by atoms with Gasteiger partial charge in [0, 0.05) is 11.8 Å². The molecule has 0 aliphatic rings. The molecule has 0 spiro atoms. The van der Waals surface area contributed by atoms with Crippen LogP contribution in [0.3, 0.4) is 0 Å². The molecule has 0 unspecified atom stereocenters. The maximum Gasteiger partial charge on any atom is 0.308 e. The molecule has 86 valence electrons. The fourth-order valence-electron chi connectivity index (χ4n) is 1.48. The number of nitrogens with two attached hydrogens (primary N) is 1. The number of benzene rings is 1. The minimum Gasteiger partial charge on any atom is -0.423 e. The Hall–Kier alpha value is -0.840. The van der Waals surface area contributed by atoms with E-state index in [-0.39, 0.29) is 0 Å². The molecule has 2 heterocycles. The van der Waals surface area contributed by atoms with E-state index in [1.807, 2.05) is 6.07 Å². The van der Waals surface area contributed by atoms with E-state index in [2.05, 4.69) is 55.1 Å². The average molecular weight is 452 g/mol. The monoisotopic (exact) mass is 452 g/mol. The van der Waals surface area contributed by atoms with E-state index in [9.17, 15) is 0 Å². The number of fused-ring (bicyclic) bond motifs is 1. The molecule has 0 saturated carbocycles. The van der Waals surface area contributed by atoms with Crippen molar-refractivity contribution < 1.29 is 4.42 Å². The Morgan fingerprint density at radius 3 is 2.82 bits per heavy atom. The van der Waals surface area contributed by atoms with Gasteiger partial charge in [-0.1, -0.05) is 0 Å². The second-order valence-electron chi connectivity index (χ2n) is 3.42. The number of nitrogen functional groups attached to an aromatic ring is 1. The van der Waals surface area contributed by atoms with Gasteiger partial charge in [-0.25, -0.2) is 9.55 Å². The molecule has 0 saturated heterocycles. The van der Waals surface area contributed by atoms with Crippen LogP contribution >= 0.6 is 45.2 Å². The molecule has 7 heteroatoms. The summed E-state index contributed by atoms with van der Waals surface area (Å²) >= 11 is 4.37. The lowest BCUT2D eigenvalue weighted by molar-refractivity contribution is 0.561. The Balaban J connectivity index is 2.21. The second-order valence-corrected chi connectivity index (χ2v) is 5.46. The first-order valence-corrected chi connectivity index (χ1v) is 6.85. The summed E-state index contributed by atoms with van der Waals surface area (Å²) in [5, 5.41) is 0. The zero-order chi connectivity index (χ0) is 12.0. The largest absolute Gasteiger partial charge is 0.423 e. The minimum absolute atomic E-state index is 0.505. The molecule has 0 atom stereocenters. The summed E-state index contributed by atoms with van der Waals surface area (Å²) in [4.78, 5) is 8.59. The number of anilines is 1. The summed E-state index contributed by atoms with van der Waals surface area (Å²) in [5.74, 6) is 0. The van der Waals surface area contributed by atoms with Crippen LogP contribution in [0.5, 0.6) is 0 Å². The van der Waals surface area contributed by atoms with Crippen molar-refractivity contribution in [2.45, 2.75) is 0 Å². The van der Waals surface area contributed by atoms with E-state index in [0.717, 1.165) is 12.9 Å². The van der Waals surface area contributed by atoms with Gasteiger partial charge in [0.05, 0.1) is 0 Å². The Labute approximate surface area is 124 Å². The Morgan fingerprint density at radius 1 is 1.29 bits per heavy atom. The van der Waals surface area contributed by atoms with Crippen LogP contribution < -0.4 is 5.73 Å². The van der Waals surface area contributed by atoms with Crippen molar-refractivity contribution in [3.8, 4) is 6.01 Å². The third kappa shape index (κ3) is 1.90. The molecule has 0 bridgehead atoms.